The quantitative estimate of drug-likeness (QED) is 0.601. The SMILES string of the molecule is O=Cc1cc(=O)cc(C(=O)O)[nH]1. The number of hydrogen-bond donors (Lipinski definition) is 2. The molecular weight excluding hydrogens is 162 g/mol. The summed E-state index contributed by atoms with van der Waals surface area (Å²) in [6.45, 7) is 0. The summed E-state index contributed by atoms with van der Waals surface area (Å²) < 4.78 is 0. The Balaban J connectivity index is 3.33. The molecule has 12 heavy (non-hydrogen) atoms. The average molecular weight is 167 g/mol. The Morgan fingerprint density at radius 1 is 1.50 bits per heavy atom. The second kappa shape index (κ2) is 3.00. The molecule has 0 spiro atoms. The van der Waals surface area contributed by atoms with Crippen molar-refractivity contribution in [1.29, 1.82) is 0 Å². The van der Waals surface area contributed by atoms with Crippen LogP contribution in [-0.2, 0) is 0 Å². The molecule has 1 heterocycles. The van der Waals surface area contributed by atoms with Gasteiger partial charge in [0, 0.05) is 12.1 Å². The monoisotopic (exact) mass is 167 g/mol. The fourth-order valence-corrected chi connectivity index (χ4v) is 0.744. The van der Waals surface area contributed by atoms with E-state index in [2.05, 4.69) is 4.98 Å². The molecule has 1 rings (SSSR count). The smallest absolute Gasteiger partial charge is 0.352 e. The van der Waals surface area contributed by atoms with Gasteiger partial charge in [0.2, 0.25) is 0 Å². The van der Waals surface area contributed by atoms with Gasteiger partial charge in [-0.15, -0.1) is 0 Å². The molecule has 0 radical (unpaired) electrons. The van der Waals surface area contributed by atoms with Gasteiger partial charge in [0.25, 0.3) is 0 Å². The van der Waals surface area contributed by atoms with Crippen LogP contribution >= 0.6 is 0 Å². The maximum Gasteiger partial charge on any atom is 0.352 e. The number of H-pyrrole nitrogens is 1. The zero-order chi connectivity index (χ0) is 9.14. The number of carbonyl (C=O) groups excluding carboxylic acids is 1. The molecule has 0 amide bonds. The van der Waals surface area contributed by atoms with Crippen molar-refractivity contribution in [1.82, 2.24) is 4.98 Å². The fraction of sp³-hybridized carbons (Fsp3) is 0. The highest BCUT2D eigenvalue weighted by atomic mass is 16.4. The van der Waals surface area contributed by atoms with Gasteiger partial charge in [-0.3, -0.25) is 9.59 Å². The Morgan fingerprint density at radius 3 is 2.67 bits per heavy atom. The summed E-state index contributed by atoms with van der Waals surface area (Å²) in [5.41, 5.74) is -0.835. The Bertz CT molecular complexity index is 379. The molecule has 62 valence electrons. The van der Waals surface area contributed by atoms with Crippen molar-refractivity contribution in [3.63, 3.8) is 0 Å². The molecular formula is C7H5NO4. The summed E-state index contributed by atoms with van der Waals surface area (Å²) in [6, 6.07) is 1.94. The second-order valence-electron chi connectivity index (χ2n) is 2.11. The van der Waals surface area contributed by atoms with Crippen LogP contribution in [0.2, 0.25) is 0 Å². The van der Waals surface area contributed by atoms with Crippen molar-refractivity contribution < 1.29 is 14.7 Å². The van der Waals surface area contributed by atoms with Crippen molar-refractivity contribution >= 4 is 12.3 Å². The van der Waals surface area contributed by atoms with Gasteiger partial charge in [-0.05, 0) is 0 Å². The van der Waals surface area contributed by atoms with Crippen LogP contribution in [0.25, 0.3) is 0 Å². The van der Waals surface area contributed by atoms with E-state index in [1.165, 1.54) is 0 Å². The van der Waals surface area contributed by atoms with Gasteiger partial charge in [-0.1, -0.05) is 0 Å². The fourth-order valence-electron chi connectivity index (χ4n) is 0.744. The van der Waals surface area contributed by atoms with Gasteiger partial charge in [0.05, 0.1) is 5.69 Å². The van der Waals surface area contributed by atoms with Gasteiger partial charge < -0.3 is 10.1 Å². The largest absolute Gasteiger partial charge is 0.477 e. The minimum absolute atomic E-state index is 0.0418. The number of pyridine rings is 1. The van der Waals surface area contributed by atoms with Crippen LogP contribution in [0.1, 0.15) is 21.0 Å². The van der Waals surface area contributed by atoms with E-state index in [4.69, 9.17) is 5.11 Å². The minimum Gasteiger partial charge on any atom is -0.477 e. The minimum atomic E-state index is -1.27. The topological polar surface area (TPSA) is 87.2 Å². The molecule has 0 aliphatic heterocycles. The lowest BCUT2D eigenvalue weighted by molar-refractivity contribution is 0.0690. The molecule has 5 nitrogen and oxygen atoms in total. The summed E-state index contributed by atoms with van der Waals surface area (Å²) in [7, 11) is 0. The molecule has 0 fully saturated rings. The molecule has 2 N–H and O–H groups in total. The first-order chi connectivity index (χ1) is 5.63. The second-order valence-corrected chi connectivity index (χ2v) is 2.11. The van der Waals surface area contributed by atoms with Gasteiger partial charge in [0.1, 0.15) is 5.69 Å². The summed E-state index contributed by atoms with van der Waals surface area (Å²) >= 11 is 0. The Morgan fingerprint density at radius 2 is 2.17 bits per heavy atom. The summed E-state index contributed by atoms with van der Waals surface area (Å²) in [4.78, 5) is 33.5. The van der Waals surface area contributed by atoms with Crippen molar-refractivity contribution in [2.24, 2.45) is 0 Å². The Kier molecular flexibility index (Phi) is 2.05. The summed E-state index contributed by atoms with van der Waals surface area (Å²) in [6.07, 6.45) is 0.383. The lowest BCUT2D eigenvalue weighted by atomic mass is 10.3. The first-order valence-electron chi connectivity index (χ1n) is 3.06. The van der Waals surface area contributed by atoms with E-state index < -0.39 is 11.4 Å². The lowest BCUT2D eigenvalue weighted by Crippen LogP contribution is -2.10. The number of carboxylic acids is 1. The molecule has 0 atom stereocenters. The van der Waals surface area contributed by atoms with E-state index in [0.29, 0.717) is 6.29 Å². The van der Waals surface area contributed by atoms with Gasteiger partial charge >= 0.3 is 5.97 Å². The van der Waals surface area contributed by atoms with Gasteiger partial charge in [-0.2, -0.15) is 0 Å². The average Bonchev–Trinajstić information content (AvgIpc) is 2.03. The number of aromatic nitrogens is 1. The first kappa shape index (κ1) is 8.19. The summed E-state index contributed by atoms with van der Waals surface area (Å²) in [5, 5.41) is 8.44. The van der Waals surface area contributed by atoms with E-state index in [0.717, 1.165) is 12.1 Å². The van der Waals surface area contributed by atoms with E-state index in [9.17, 15) is 14.4 Å². The normalized spacial score (nSPS) is 9.33. The Hall–Kier alpha value is -1.91. The van der Waals surface area contributed by atoms with Crippen molar-refractivity contribution in [3.8, 4) is 0 Å². The number of rotatable bonds is 2. The zero-order valence-corrected chi connectivity index (χ0v) is 5.90. The predicted molar refractivity (Wildman–Crippen MR) is 39.4 cm³/mol. The van der Waals surface area contributed by atoms with Crippen LogP contribution in [0, 0.1) is 0 Å². The number of carboxylic acid groups (broad SMARTS) is 1. The molecule has 0 saturated carbocycles. The van der Waals surface area contributed by atoms with Crippen LogP contribution in [-0.4, -0.2) is 22.3 Å². The number of aldehydes is 1. The molecule has 0 bridgehead atoms. The number of nitrogens with one attached hydrogen (secondary N) is 1. The molecule has 5 heteroatoms. The van der Waals surface area contributed by atoms with Crippen LogP contribution in [0.4, 0.5) is 0 Å². The van der Waals surface area contributed by atoms with E-state index in [-0.39, 0.29) is 11.4 Å². The highest BCUT2D eigenvalue weighted by molar-refractivity contribution is 5.86. The first-order valence-corrected chi connectivity index (χ1v) is 3.06. The predicted octanol–water partition coefficient (Wildman–Crippen LogP) is -0.114. The van der Waals surface area contributed by atoms with Crippen LogP contribution < -0.4 is 5.43 Å². The van der Waals surface area contributed by atoms with E-state index in [1.807, 2.05) is 0 Å². The standard InChI is InChI=1S/C7H5NO4/c9-3-4-1-5(10)2-6(8-4)7(11)12/h1-3H,(H,8,10)(H,11,12). The van der Waals surface area contributed by atoms with Gasteiger partial charge in [-0.25, -0.2) is 4.79 Å². The van der Waals surface area contributed by atoms with Crippen LogP contribution in [0.15, 0.2) is 16.9 Å². The van der Waals surface area contributed by atoms with Crippen LogP contribution in [0.5, 0.6) is 0 Å². The van der Waals surface area contributed by atoms with E-state index in [1.54, 1.807) is 0 Å². The van der Waals surface area contributed by atoms with Crippen molar-refractivity contribution in [2.45, 2.75) is 0 Å². The molecule has 1 aromatic heterocycles. The van der Waals surface area contributed by atoms with Crippen molar-refractivity contribution in [2.75, 3.05) is 0 Å². The zero-order valence-electron chi connectivity index (χ0n) is 5.90. The highest BCUT2D eigenvalue weighted by Gasteiger charge is 2.04. The maximum absolute atomic E-state index is 10.7. The molecule has 0 aliphatic carbocycles. The highest BCUT2D eigenvalue weighted by Crippen LogP contribution is 1.91. The molecule has 0 unspecified atom stereocenters. The molecule has 0 aliphatic rings. The summed E-state index contributed by atoms with van der Waals surface area (Å²) in [5.74, 6) is -1.27. The number of aromatic carboxylic acids is 1. The van der Waals surface area contributed by atoms with E-state index >= 15 is 0 Å². The molecule has 0 saturated heterocycles. The number of hydrogen-bond acceptors (Lipinski definition) is 3. The van der Waals surface area contributed by atoms with Crippen LogP contribution in [0.3, 0.4) is 0 Å². The maximum atomic E-state index is 10.7. The molecule has 0 aromatic carbocycles. The lowest BCUT2D eigenvalue weighted by Gasteiger charge is -1.94. The Labute approximate surface area is 66.7 Å². The van der Waals surface area contributed by atoms with Crippen molar-refractivity contribution in [3.05, 3.63) is 33.7 Å². The third-order valence-electron chi connectivity index (χ3n) is 1.22. The number of carbonyl (C=O) groups is 2. The van der Waals surface area contributed by atoms with Gasteiger partial charge in [0.15, 0.2) is 11.7 Å². The number of aromatic amines is 1. The third kappa shape index (κ3) is 1.57. The third-order valence-corrected chi connectivity index (χ3v) is 1.22. The molecule has 1 aromatic rings.